The lowest BCUT2D eigenvalue weighted by Gasteiger charge is -2.12. The van der Waals surface area contributed by atoms with Crippen LogP contribution in [0.25, 0.3) is 0 Å². The van der Waals surface area contributed by atoms with Gasteiger partial charge in [0.15, 0.2) is 0 Å². The third-order valence-electron chi connectivity index (χ3n) is 2.11. The lowest BCUT2D eigenvalue weighted by Crippen LogP contribution is -2.00. The van der Waals surface area contributed by atoms with E-state index >= 15 is 0 Å². The highest BCUT2D eigenvalue weighted by atomic mass is 16.5. The minimum Gasteiger partial charge on any atom is -0.502 e. The molecule has 3 nitrogen and oxygen atoms in total. The Morgan fingerprint density at radius 3 is 3.00 bits per heavy atom. The highest BCUT2D eigenvalue weighted by molar-refractivity contribution is 5.33. The number of aliphatic hydroxyl groups is 1. The first kappa shape index (κ1) is 11.3. The molecular formula is C12H13NO2. The van der Waals surface area contributed by atoms with Crippen LogP contribution in [0.2, 0.25) is 0 Å². The third kappa shape index (κ3) is 3.12. The number of methoxy groups -OCH3 is 1. The first-order chi connectivity index (χ1) is 7.17. The molecule has 0 aliphatic rings. The van der Waals surface area contributed by atoms with Crippen LogP contribution in [0.3, 0.4) is 0 Å². The number of aliphatic hydroxyl groups excluding tert-OH is 1. The average Bonchev–Trinajstić information content (AvgIpc) is 2.28. The summed E-state index contributed by atoms with van der Waals surface area (Å²) in [6, 6.07) is 8.90. The third-order valence-corrected chi connectivity index (χ3v) is 2.11. The highest BCUT2D eigenvalue weighted by Crippen LogP contribution is 2.21. The van der Waals surface area contributed by atoms with Gasteiger partial charge in [-0.25, -0.2) is 0 Å². The first-order valence-electron chi connectivity index (χ1n) is 4.57. The number of hydrogen-bond acceptors (Lipinski definition) is 3. The van der Waals surface area contributed by atoms with Crippen molar-refractivity contribution in [2.75, 3.05) is 7.11 Å². The predicted molar refractivity (Wildman–Crippen MR) is 56.9 cm³/mol. The summed E-state index contributed by atoms with van der Waals surface area (Å²) in [4.78, 5) is 0. The average molecular weight is 203 g/mol. The van der Waals surface area contributed by atoms with E-state index in [2.05, 4.69) is 6.58 Å². The molecule has 1 N–H and O–H groups in total. The van der Waals surface area contributed by atoms with Gasteiger partial charge >= 0.3 is 0 Å². The van der Waals surface area contributed by atoms with Crippen molar-refractivity contribution in [3.63, 3.8) is 0 Å². The van der Waals surface area contributed by atoms with Gasteiger partial charge in [-0.2, -0.15) is 5.26 Å². The summed E-state index contributed by atoms with van der Waals surface area (Å²) in [5.41, 5.74) is 1.24. The van der Waals surface area contributed by atoms with Gasteiger partial charge in [0.2, 0.25) is 0 Å². The second-order valence-corrected chi connectivity index (χ2v) is 3.20. The van der Waals surface area contributed by atoms with Crippen molar-refractivity contribution in [1.29, 1.82) is 5.26 Å². The van der Waals surface area contributed by atoms with Gasteiger partial charge in [0.05, 0.1) is 30.6 Å². The van der Waals surface area contributed by atoms with E-state index in [1.165, 1.54) is 7.11 Å². The zero-order valence-corrected chi connectivity index (χ0v) is 8.60. The number of nitrogens with zero attached hydrogens (tertiary/aromatic N) is 1. The lowest BCUT2D eigenvalue weighted by molar-refractivity contribution is 0.150. The van der Waals surface area contributed by atoms with E-state index in [0.717, 1.165) is 0 Å². The molecule has 0 saturated carbocycles. The van der Waals surface area contributed by atoms with Gasteiger partial charge < -0.3 is 9.84 Å². The molecular weight excluding hydrogens is 190 g/mol. The summed E-state index contributed by atoms with van der Waals surface area (Å²) in [5.74, 6) is 0.518. The summed E-state index contributed by atoms with van der Waals surface area (Å²) in [7, 11) is 1.51. The smallest absolute Gasteiger partial charge is 0.0991 e. The molecule has 0 unspecified atom stereocenters. The summed E-state index contributed by atoms with van der Waals surface area (Å²) in [6.45, 7) is 3.63. The van der Waals surface area contributed by atoms with Gasteiger partial charge in [-0.05, 0) is 17.7 Å². The highest BCUT2D eigenvalue weighted by Gasteiger charge is 2.09. The van der Waals surface area contributed by atoms with Gasteiger partial charge in [0.1, 0.15) is 0 Å². The van der Waals surface area contributed by atoms with Crippen LogP contribution < -0.4 is 0 Å². The van der Waals surface area contributed by atoms with Crippen LogP contribution >= 0.6 is 0 Å². The van der Waals surface area contributed by atoms with Crippen molar-refractivity contribution in [3.8, 4) is 6.07 Å². The zero-order chi connectivity index (χ0) is 11.3. The molecule has 1 rings (SSSR count). The standard InChI is InChI=1S/C12H13NO2/c1-9(15-2)6-12(14)11-5-3-4-10(7-11)8-13/h3-5,7,12,14H,1,6H2,2H3/t12-/m0/s1. The molecule has 0 saturated heterocycles. The first-order valence-corrected chi connectivity index (χ1v) is 4.57. The molecule has 0 spiro atoms. The number of ether oxygens (including phenoxy) is 1. The maximum Gasteiger partial charge on any atom is 0.0991 e. The molecule has 15 heavy (non-hydrogen) atoms. The van der Waals surface area contributed by atoms with E-state index in [4.69, 9.17) is 10.00 Å². The van der Waals surface area contributed by atoms with Crippen molar-refractivity contribution >= 4 is 0 Å². The van der Waals surface area contributed by atoms with Gasteiger partial charge in [-0.15, -0.1) is 0 Å². The van der Waals surface area contributed by atoms with Crippen molar-refractivity contribution in [1.82, 2.24) is 0 Å². The van der Waals surface area contributed by atoms with E-state index in [-0.39, 0.29) is 0 Å². The monoisotopic (exact) mass is 203 g/mol. The van der Waals surface area contributed by atoms with Crippen molar-refractivity contribution in [3.05, 3.63) is 47.7 Å². The van der Waals surface area contributed by atoms with Gasteiger partial charge in [-0.1, -0.05) is 18.7 Å². The summed E-state index contributed by atoms with van der Waals surface area (Å²) in [6.07, 6.45) is -0.337. The largest absolute Gasteiger partial charge is 0.502 e. The second kappa shape index (κ2) is 5.18. The van der Waals surface area contributed by atoms with E-state index in [1.54, 1.807) is 24.3 Å². The Balaban J connectivity index is 2.78. The molecule has 0 radical (unpaired) electrons. The lowest BCUT2D eigenvalue weighted by atomic mass is 10.0. The number of hydrogen-bond donors (Lipinski definition) is 1. The van der Waals surface area contributed by atoms with Crippen LogP contribution in [0.4, 0.5) is 0 Å². The molecule has 3 heteroatoms. The van der Waals surface area contributed by atoms with Crippen molar-refractivity contribution in [2.45, 2.75) is 12.5 Å². The quantitative estimate of drug-likeness (QED) is 0.763. The molecule has 0 heterocycles. The topological polar surface area (TPSA) is 53.2 Å². The van der Waals surface area contributed by atoms with Gasteiger partial charge in [-0.3, -0.25) is 0 Å². The molecule has 0 aromatic heterocycles. The van der Waals surface area contributed by atoms with E-state index in [9.17, 15) is 5.11 Å². The Morgan fingerprint density at radius 2 is 2.40 bits per heavy atom. The van der Waals surface area contributed by atoms with Crippen molar-refractivity contribution < 1.29 is 9.84 Å². The molecule has 0 aliphatic heterocycles. The Kier molecular flexibility index (Phi) is 3.90. The molecule has 78 valence electrons. The SMILES string of the molecule is C=C(C[C@H](O)c1cccc(C#N)c1)OC. The number of benzene rings is 1. The number of rotatable bonds is 4. The fourth-order valence-corrected chi connectivity index (χ4v) is 1.23. The molecule has 0 fully saturated rings. The summed E-state index contributed by atoms with van der Waals surface area (Å²) in [5, 5.41) is 18.5. The minimum absolute atomic E-state index is 0.339. The zero-order valence-electron chi connectivity index (χ0n) is 8.60. The molecule has 0 aliphatic carbocycles. The number of nitriles is 1. The molecule has 0 bridgehead atoms. The Morgan fingerprint density at radius 1 is 1.67 bits per heavy atom. The maximum absolute atomic E-state index is 9.79. The van der Waals surface area contributed by atoms with Crippen LogP contribution in [-0.2, 0) is 4.74 Å². The van der Waals surface area contributed by atoms with Crippen LogP contribution in [0.15, 0.2) is 36.6 Å². The van der Waals surface area contributed by atoms with E-state index in [0.29, 0.717) is 23.3 Å². The summed E-state index contributed by atoms with van der Waals surface area (Å²) >= 11 is 0. The van der Waals surface area contributed by atoms with Crippen LogP contribution in [0.1, 0.15) is 23.7 Å². The Hall–Kier alpha value is -1.79. The maximum atomic E-state index is 9.79. The molecule has 0 amide bonds. The normalized spacial score (nSPS) is 11.5. The predicted octanol–water partition coefficient (Wildman–Crippen LogP) is 2.14. The van der Waals surface area contributed by atoms with E-state index < -0.39 is 6.10 Å². The molecule has 1 aromatic rings. The molecule has 1 atom stereocenters. The van der Waals surface area contributed by atoms with Gasteiger partial charge in [0.25, 0.3) is 0 Å². The fraction of sp³-hybridized carbons (Fsp3) is 0.250. The van der Waals surface area contributed by atoms with Crippen LogP contribution in [-0.4, -0.2) is 12.2 Å². The van der Waals surface area contributed by atoms with Gasteiger partial charge in [0, 0.05) is 6.42 Å². The Bertz CT molecular complexity index is 393. The van der Waals surface area contributed by atoms with Crippen LogP contribution in [0.5, 0.6) is 0 Å². The second-order valence-electron chi connectivity index (χ2n) is 3.20. The van der Waals surface area contributed by atoms with Crippen LogP contribution in [0, 0.1) is 11.3 Å². The Labute approximate surface area is 89.2 Å². The van der Waals surface area contributed by atoms with Crippen molar-refractivity contribution in [2.24, 2.45) is 0 Å². The minimum atomic E-state index is -0.675. The summed E-state index contributed by atoms with van der Waals surface area (Å²) < 4.78 is 4.88. The fourth-order valence-electron chi connectivity index (χ4n) is 1.23. The molecule has 1 aromatic carbocycles. The van der Waals surface area contributed by atoms with E-state index in [1.807, 2.05) is 6.07 Å².